The summed E-state index contributed by atoms with van der Waals surface area (Å²) in [4.78, 5) is 26.4. The third kappa shape index (κ3) is 35.0. The molecule has 0 aromatic carbocycles. The summed E-state index contributed by atoms with van der Waals surface area (Å²) in [6.07, 6.45) is 49.2. The molecule has 1 amide bonds. The average molecular weight is 984 g/mol. The van der Waals surface area contributed by atoms with Crippen LogP contribution < -0.4 is 5.32 Å². The van der Waals surface area contributed by atoms with Crippen molar-refractivity contribution in [2.45, 2.75) is 262 Å². The van der Waals surface area contributed by atoms with Crippen molar-refractivity contribution < 1.29 is 49.3 Å². The van der Waals surface area contributed by atoms with Gasteiger partial charge in [0.15, 0.2) is 12.4 Å². The van der Waals surface area contributed by atoms with Gasteiger partial charge in [-0.05, 0) is 89.9 Å². The van der Waals surface area contributed by atoms with Crippen molar-refractivity contribution in [1.29, 1.82) is 0 Å². The summed E-state index contributed by atoms with van der Waals surface area (Å²) in [5.41, 5.74) is 0. The molecule has 0 bridgehead atoms. The smallest absolute Gasteiger partial charge is 0.306 e. The Balaban J connectivity index is 2.78. The normalized spacial score (nSPS) is 20.4. The molecule has 1 rings (SSSR count). The number of hydrogen-bond acceptors (Lipinski definition) is 10. The van der Waals surface area contributed by atoms with Gasteiger partial charge in [0, 0.05) is 6.42 Å². The molecule has 11 heteroatoms. The van der Waals surface area contributed by atoms with E-state index in [1.165, 1.54) is 57.8 Å². The minimum Gasteiger partial charge on any atom is -0.454 e. The molecule has 1 fully saturated rings. The first-order valence-electron chi connectivity index (χ1n) is 27.9. The highest BCUT2D eigenvalue weighted by Crippen LogP contribution is 2.26. The van der Waals surface area contributed by atoms with Crippen molar-refractivity contribution >= 4 is 11.9 Å². The summed E-state index contributed by atoms with van der Waals surface area (Å²) in [6, 6.07) is -1.05. The van der Waals surface area contributed by atoms with Crippen molar-refractivity contribution in [3.05, 3.63) is 85.1 Å². The van der Waals surface area contributed by atoms with Crippen LogP contribution in [0.5, 0.6) is 0 Å². The lowest BCUT2D eigenvalue weighted by Crippen LogP contribution is -2.61. The van der Waals surface area contributed by atoms with Gasteiger partial charge in [-0.2, -0.15) is 0 Å². The van der Waals surface area contributed by atoms with E-state index in [2.05, 4.69) is 99.0 Å². The fourth-order valence-electron chi connectivity index (χ4n) is 8.07. The van der Waals surface area contributed by atoms with Crippen LogP contribution in [0.15, 0.2) is 85.1 Å². The first-order valence-corrected chi connectivity index (χ1v) is 27.9. The summed E-state index contributed by atoms with van der Waals surface area (Å²) < 4.78 is 17.5. The number of carbonyl (C=O) groups excluding carboxylic acids is 2. The molecule has 402 valence electrons. The maximum Gasteiger partial charge on any atom is 0.306 e. The highest BCUT2D eigenvalue weighted by atomic mass is 16.7. The van der Waals surface area contributed by atoms with E-state index in [0.717, 1.165) is 109 Å². The van der Waals surface area contributed by atoms with Gasteiger partial charge in [-0.15, -0.1) is 0 Å². The minimum absolute atomic E-state index is 0.105. The number of esters is 1. The number of aliphatic hydroxyl groups excluding tert-OH is 5. The van der Waals surface area contributed by atoms with Gasteiger partial charge in [0.05, 0.1) is 25.4 Å². The van der Waals surface area contributed by atoms with Gasteiger partial charge in [-0.1, -0.05) is 202 Å². The van der Waals surface area contributed by atoms with Crippen LogP contribution >= 0.6 is 0 Å². The van der Waals surface area contributed by atoms with E-state index >= 15 is 0 Å². The van der Waals surface area contributed by atoms with Gasteiger partial charge in [0.1, 0.15) is 24.4 Å². The zero-order valence-electron chi connectivity index (χ0n) is 44.1. The maximum absolute atomic E-state index is 13.4. The molecule has 1 aliphatic rings. The van der Waals surface area contributed by atoms with E-state index in [-0.39, 0.29) is 19.4 Å². The van der Waals surface area contributed by atoms with Crippen LogP contribution in [0, 0.1) is 0 Å². The summed E-state index contributed by atoms with van der Waals surface area (Å²) in [6.45, 7) is 5.57. The number of unbranched alkanes of at least 4 members (excludes halogenated alkanes) is 19. The Morgan fingerprint density at radius 2 is 1.04 bits per heavy atom. The molecule has 1 saturated heterocycles. The molecule has 0 aromatic heterocycles. The first-order chi connectivity index (χ1) is 34.2. The Kier molecular flexibility index (Phi) is 43.4. The second-order valence-electron chi connectivity index (χ2n) is 18.9. The fourth-order valence-corrected chi connectivity index (χ4v) is 8.07. The summed E-state index contributed by atoms with van der Waals surface area (Å²) in [5.74, 6) is -1.25. The van der Waals surface area contributed by atoms with Gasteiger partial charge in [-0.25, -0.2) is 0 Å². The molecular formula is C59H101NO10. The van der Waals surface area contributed by atoms with Gasteiger partial charge >= 0.3 is 5.97 Å². The SMILES string of the molecule is CC/C=C\C/C=C\C/C=C\C/C=C\C/C=C\CCCCC(O)C(=O)NC(COC1OC(CO)C(O)C(O)C1OC(=O)CCCCCCC/C=C\CCCC)C(O)/C=C/CCCCCCCCCCCC. The molecular weight excluding hydrogens is 883 g/mol. The van der Waals surface area contributed by atoms with Crippen LogP contribution in [0.2, 0.25) is 0 Å². The van der Waals surface area contributed by atoms with E-state index in [9.17, 15) is 35.1 Å². The van der Waals surface area contributed by atoms with Crippen LogP contribution in [0.1, 0.15) is 213 Å². The van der Waals surface area contributed by atoms with Crippen molar-refractivity contribution in [1.82, 2.24) is 5.32 Å². The van der Waals surface area contributed by atoms with Crippen molar-refractivity contribution in [3.63, 3.8) is 0 Å². The number of rotatable bonds is 45. The predicted octanol–water partition coefficient (Wildman–Crippen LogP) is 12.2. The van der Waals surface area contributed by atoms with Crippen molar-refractivity contribution in [2.75, 3.05) is 13.2 Å². The van der Waals surface area contributed by atoms with Gasteiger partial charge < -0.3 is 45.1 Å². The van der Waals surface area contributed by atoms with Crippen LogP contribution in [-0.4, -0.2) is 99.6 Å². The Hall–Kier alpha value is -3.16. The molecule has 70 heavy (non-hydrogen) atoms. The second kappa shape index (κ2) is 46.9. The third-order valence-corrected chi connectivity index (χ3v) is 12.5. The highest BCUT2D eigenvalue weighted by Gasteiger charge is 2.47. The number of ether oxygens (including phenoxy) is 3. The quantitative estimate of drug-likeness (QED) is 0.0196. The lowest BCUT2D eigenvalue weighted by Gasteiger charge is -2.41. The number of hydrogen-bond donors (Lipinski definition) is 6. The molecule has 0 aliphatic carbocycles. The Labute approximate surface area is 425 Å². The molecule has 1 heterocycles. The van der Waals surface area contributed by atoms with E-state index in [4.69, 9.17) is 14.2 Å². The number of amides is 1. The van der Waals surface area contributed by atoms with E-state index < -0.39 is 67.4 Å². The minimum atomic E-state index is -1.62. The van der Waals surface area contributed by atoms with E-state index in [1.807, 2.05) is 6.08 Å². The molecule has 8 unspecified atom stereocenters. The number of allylic oxidation sites excluding steroid dienone is 13. The van der Waals surface area contributed by atoms with Crippen LogP contribution in [0.25, 0.3) is 0 Å². The van der Waals surface area contributed by atoms with E-state index in [1.54, 1.807) is 6.08 Å². The summed E-state index contributed by atoms with van der Waals surface area (Å²) >= 11 is 0. The molecule has 6 N–H and O–H groups in total. The monoisotopic (exact) mass is 984 g/mol. The molecule has 1 aliphatic heterocycles. The first kappa shape index (κ1) is 64.9. The van der Waals surface area contributed by atoms with Gasteiger partial charge in [0.25, 0.3) is 0 Å². The average Bonchev–Trinajstić information content (AvgIpc) is 3.36. The molecule has 0 saturated carbocycles. The molecule has 0 radical (unpaired) electrons. The fraction of sp³-hybridized carbons (Fsp3) is 0.729. The lowest BCUT2D eigenvalue weighted by atomic mass is 9.99. The highest BCUT2D eigenvalue weighted by molar-refractivity contribution is 5.80. The maximum atomic E-state index is 13.4. The summed E-state index contributed by atoms with van der Waals surface area (Å²) in [7, 11) is 0. The Bertz CT molecular complexity index is 1460. The van der Waals surface area contributed by atoms with Crippen LogP contribution in [-0.2, 0) is 23.8 Å². The Morgan fingerprint density at radius 3 is 1.60 bits per heavy atom. The van der Waals surface area contributed by atoms with Crippen molar-refractivity contribution in [3.8, 4) is 0 Å². The van der Waals surface area contributed by atoms with Gasteiger partial charge in [-0.3, -0.25) is 9.59 Å². The summed E-state index contributed by atoms with van der Waals surface area (Å²) in [5, 5.41) is 56.7. The van der Waals surface area contributed by atoms with E-state index in [0.29, 0.717) is 12.8 Å². The second-order valence-corrected chi connectivity index (χ2v) is 18.9. The van der Waals surface area contributed by atoms with Crippen LogP contribution in [0.3, 0.4) is 0 Å². The van der Waals surface area contributed by atoms with Gasteiger partial charge in [0.2, 0.25) is 5.91 Å². The van der Waals surface area contributed by atoms with Crippen LogP contribution in [0.4, 0.5) is 0 Å². The van der Waals surface area contributed by atoms with Crippen molar-refractivity contribution in [2.24, 2.45) is 0 Å². The topological polar surface area (TPSA) is 175 Å². The Morgan fingerprint density at radius 1 is 0.571 bits per heavy atom. The molecule has 11 nitrogen and oxygen atoms in total. The number of nitrogens with one attached hydrogen (secondary N) is 1. The predicted molar refractivity (Wildman–Crippen MR) is 287 cm³/mol. The molecule has 0 aromatic rings. The largest absolute Gasteiger partial charge is 0.454 e. The standard InChI is InChI=1S/C59H101NO10/c1-4-7-10-13-16-19-22-24-25-26-27-28-29-32-34-37-40-43-46-52(63)58(67)60-50(51(62)45-42-39-36-33-31-23-20-17-14-11-8-5-2)49-68-59-57(56(66)55(65)53(48-61)69-59)70-54(64)47-44-41-38-35-30-21-18-15-12-9-6-3/h7,10,15-16,18-19,24-25,27-28,32,34,42,45,50-53,55-57,59,61-63,65-66H,4-6,8-9,11-14,17,20-23,26,29-31,33,35-41,43-44,46-49H2,1-3H3,(H,60,67)/b10-7-,18-15-,19-16-,25-24-,28-27-,34-32-,45-42+. The molecule has 0 spiro atoms. The lowest BCUT2D eigenvalue weighted by molar-refractivity contribution is -0.305. The number of carbonyl (C=O) groups is 2. The third-order valence-electron chi connectivity index (χ3n) is 12.5. The zero-order valence-corrected chi connectivity index (χ0v) is 44.1. The zero-order chi connectivity index (χ0) is 51.1. The number of aliphatic hydroxyl groups is 5. The molecule has 8 atom stereocenters.